The Morgan fingerprint density at radius 2 is 2.00 bits per heavy atom. The second-order valence-corrected chi connectivity index (χ2v) is 3.52. The van der Waals surface area contributed by atoms with Crippen LogP contribution >= 0.6 is 0 Å². The highest BCUT2D eigenvalue weighted by molar-refractivity contribution is 5.86. The molecule has 1 aliphatic heterocycles. The molecule has 1 heteroatoms. The van der Waals surface area contributed by atoms with Gasteiger partial charge in [-0.15, -0.1) is 0 Å². The highest BCUT2D eigenvalue weighted by atomic mass is 15.0. The molecule has 0 unspecified atom stereocenters. The Morgan fingerprint density at radius 1 is 1.07 bits per heavy atom. The van der Waals surface area contributed by atoms with Crippen molar-refractivity contribution in [3.05, 3.63) is 48.2 Å². The predicted octanol–water partition coefficient (Wildman–Crippen LogP) is 3.53. The molecule has 3 rings (SSSR count). The van der Waals surface area contributed by atoms with Crippen LogP contribution in [0.5, 0.6) is 0 Å². The maximum atomic E-state index is 2.23. The number of benzene rings is 1. The number of fused-ring (bicyclic) bond motifs is 3. The van der Waals surface area contributed by atoms with Crippen LogP contribution in [0.4, 0.5) is 0 Å². The second-order valence-electron chi connectivity index (χ2n) is 3.52. The van der Waals surface area contributed by atoms with E-state index < -0.39 is 0 Å². The van der Waals surface area contributed by atoms with Crippen LogP contribution in [0.15, 0.2) is 42.5 Å². The first kappa shape index (κ1) is 7.63. The molecule has 0 amide bonds. The summed E-state index contributed by atoms with van der Waals surface area (Å²) in [4.78, 5) is 0. The summed E-state index contributed by atoms with van der Waals surface area (Å²) in [6.45, 7) is 0. The van der Waals surface area contributed by atoms with Gasteiger partial charge in [0.2, 0.25) is 0 Å². The smallest absolute Gasteiger partial charge is 0.0528 e. The zero-order valence-corrected chi connectivity index (χ0v) is 7.85. The molecular formula is C13H11N. The van der Waals surface area contributed by atoms with E-state index in [4.69, 9.17) is 0 Å². The third-order valence-electron chi connectivity index (χ3n) is 2.59. The van der Waals surface area contributed by atoms with Crippen LogP contribution in [0.1, 0.15) is 12.1 Å². The van der Waals surface area contributed by atoms with Gasteiger partial charge in [-0.3, -0.25) is 0 Å². The van der Waals surface area contributed by atoms with E-state index in [9.17, 15) is 0 Å². The first-order chi connectivity index (χ1) is 6.95. The molecule has 0 fully saturated rings. The van der Waals surface area contributed by atoms with E-state index >= 15 is 0 Å². The molecule has 1 nitrogen and oxygen atoms in total. The minimum atomic E-state index is 1.02. The quantitative estimate of drug-likeness (QED) is 0.586. The lowest BCUT2D eigenvalue weighted by atomic mass is 10.2. The third kappa shape index (κ3) is 1.02. The summed E-state index contributed by atoms with van der Waals surface area (Å²) in [5.74, 6) is 0. The second kappa shape index (κ2) is 2.88. The third-order valence-corrected chi connectivity index (χ3v) is 2.59. The van der Waals surface area contributed by atoms with Gasteiger partial charge in [0.1, 0.15) is 0 Å². The topological polar surface area (TPSA) is 4.93 Å². The summed E-state index contributed by atoms with van der Waals surface area (Å²) in [6, 6.07) is 10.7. The van der Waals surface area contributed by atoms with E-state index in [-0.39, 0.29) is 0 Å². The highest BCUT2D eigenvalue weighted by Crippen LogP contribution is 2.22. The zero-order chi connectivity index (χ0) is 9.38. The maximum absolute atomic E-state index is 2.23. The summed E-state index contributed by atoms with van der Waals surface area (Å²) < 4.78 is 2.23. The molecule has 1 aliphatic rings. The highest BCUT2D eigenvalue weighted by Gasteiger charge is 2.04. The van der Waals surface area contributed by atoms with Crippen molar-refractivity contribution in [2.75, 3.05) is 0 Å². The van der Waals surface area contributed by atoms with Crippen molar-refractivity contribution in [1.82, 2.24) is 4.57 Å². The van der Waals surface area contributed by atoms with E-state index in [1.165, 1.54) is 16.6 Å². The van der Waals surface area contributed by atoms with Gasteiger partial charge < -0.3 is 4.57 Å². The molecule has 0 radical (unpaired) electrons. The molecule has 1 aromatic carbocycles. The van der Waals surface area contributed by atoms with Crippen molar-refractivity contribution in [1.29, 1.82) is 0 Å². The van der Waals surface area contributed by atoms with E-state index in [0.29, 0.717) is 0 Å². The average Bonchev–Trinajstić information content (AvgIpc) is 2.42. The fourth-order valence-electron chi connectivity index (χ4n) is 1.93. The number of rotatable bonds is 0. The number of para-hydroxylation sites is 1. The van der Waals surface area contributed by atoms with Crippen molar-refractivity contribution < 1.29 is 0 Å². The molecule has 0 bridgehead atoms. The van der Waals surface area contributed by atoms with Gasteiger partial charge in [-0.2, -0.15) is 0 Å². The molecule has 0 N–H and O–H groups in total. The van der Waals surface area contributed by atoms with E-state index in [1.807, 2.05) is 0 Å². The Morgan fingerprint density at radius 3 is 3.00 bits per heavy atom. The fourth-order valence-corrected chi connectivity index (χ4v) is 1.93. The Hall–Kier alpha value is -1.76. The van der Waals surface area contributed by atoms with Crippen LogP contribution in [-0.4, -0.2) is 4.57 Å². The zero-order valence-electron chi connectivity index (χ0n) is 7.85. The molecule has 0 spiro atoms. The van der Waals surface area contributed by atoms with Gasteiger partial charge in [-0.25, -0.2) is 0 Å². The molecule has 0 saturated heterocycles. The summed E-state index contributed by atoms with van der Waals surface area (Å²) >= 11 is 0. The first-order valence-corrected chi connectivity index (χ1v) is 4.88. The van der Waals surface area contributed by atoms with Gasteiger partial charge in [0.15, 0.2) is 0 Å². The molecule has 14 heavy (non-hydrogen) atoms. The first-order valence-electron chi connectivity index (χ1n) is 4.88. The van der Waals surface area contributed by atoms with Gasteiger partial charge in [-0.05, 0) is 24.6 Å². The van der Waals surface area contributed by atoms with Crippen LogP contribution in [0.25, 0.3) is 23.2 Å². The largest absolute Gasteiger partial charge is 0.317 e. The fraction of sp³-hybridized carbons (Fsp3) is 0.0769. The Labute approximate surface area is 83.0 Å². The minimum absolute atomic E-state index is 1.02. The monoisotopic (exact) mass is 181 g/mol. The molecule has 0 atom stereocenters. The Balaban J connectivity index is 2.41. The lowest BCUT2D eigenvalue weighted by Gasteiger charge is -1.98. The number of aromatic nitrogens is 1. The van der Waals surface area contributed by atoms with E-state index in [2.05, 4.69) is 59.3 Å². The summed E-state index contributed by atoms with van der Waals surface area (Å²) in [6.07, 6.45) is 9.72. The standard InChI is InChI=1S/C13H11N/c1-2-7-12-10-11-6-3-4-8-13(11)14(12)9-5-1/h2-10H,1H2. The van der Waals surface area contributed by atoms with Crippen molar-refractivity contribution in [3.63, 3.8) is 0 Å². The number of hydrogen-bond acceptors (Lipinski definition) is 0. The lowest BCUT2D eigenvalue weighted by Crippen LogP contribution is -1.86. The number of allylic oxidation sites excluding steroid dienone is 2. The average molecular weight is 181 g/mol. The molecule has 2 heterocycles. The van der Waals surface area contributed by atoms with Crippen molar-refractivity contribution in [2.24, 2.45) is 0 Å². The Bertz CT molecular complexity index is 529. The minimum Gasteiger partial charge on any atom is -0.317 e. The van der Waals surface area contributed by atoms with Crippen LogP contribution in [0.2, 0.25) is 0 Å². The van der Waals surface area contributed by atoms with Crippen molar-refractivity contribution >= 4 is 23.2 Å². The molecule has 0 aliphatic carbocycles. The summed E-state index contributed by atoms with van der Waals surface area (Å²) in [5, 5.41) is 1.30. The molecule has 0 saturated carbocycles. The SMILES string of the molecule is C1=Cc2cc3ccccc3n2C=CC1. The summed E-state index contributed by atoms with van der Waals surface area (Å²) in [5.41, 5.74) is 2.55. The van der Waals surface area contributed by atoms with Crippen LogP contribution in [0.3, 0.4) is 0 Å². The van der Waals surface area contributed by atoms with Gasteiger partial charge in [0, 0.05) is 17.3 Å². The molecule has 68 valence electrons. The lowest BCUT2D eigenvalue weighted by molar-refractivity contribution is 1.20. The summed E-state index contributed by atoms with van der Waals surface area (Å²) in [7, 11) is 0. The predicted molar refractivity (Wildman–Crippen MR) is 60.9 cm³/mol. The maximum Gasteiger partial charge on any atom is 0.0528 e. The molecule has 2 aromatic rings. The number of hydrogen-bond donors (Lipinski definition) is 0. The van der Waals surface area contributed by atoms with Crippen LogP contribution in [0, 0.1) is 0 Å². The van der Waals surface area contributed by atoms with Gasteiger partial charge in [0.25, 0.3) is 0 Å². The molecule has 1 aromatic heterocycles. The molecular weight excluding hydrogens is 170 g/mol. The van der Waals surface area contributed by atoms with Gasteiger partial charge >= 0.3 is 0 Å². The van der Waals surface area contributed by atoms with E-state index in [1.54, 1.807) is 0 Å². The van der Waals surface area contributed by atoms with Crippen molar-refractivity contribution in [3.8, 4) is 0 Å². The van der Waals surface area contributed by atoms with Gasteiger partial charge in [0.05, 0.1) is 5.52 Å². The van der Waals surface area contributed by atoms with Gasteiger partial charge in [-0.1, -0.05) is 30.4 Å². The van der Waals surface area contributed by atoms with E-state index in [0.717, 1.165) is 6.42 Å². The van der Waals surface area contributed by atoms with Crippen LogP contribution in [-0.2, 0) is 0 Å². The van der Waals surface area contributed by atoms with Crippen LogP contribution < -0.4 is 0 Å². The Kier molecular flexibility index (Phi) is 1.57. The normalized spacial score (nSPS) is 14.3. The number of nitrogens with zero attached hydrogens (tertiary/aromatic N) is 1. The van der Waals surface area contributed by atoms with Crippen molar-refractivity contribution in [2.45, 2.75) is 6.42 Å².